The maximum atomic E-state index is 11.7. The van der Waals surface area contributed by atoms with Gasteiger partial charge in [-0.2, -0.15) is 0 Å². The Bertz CT molecular complexity index is 464. The molecule has 0 aliphatic heterocycles. The number of hydrogen-bond acceptors (Lipinski definition) is 3. The maximum Gasteiger partial charge on any atom is 0.319 e. The van der Waals surface area contributed by atoms with Gasteiger partial charge in [0.05, 0.1) is 13.7 Å². The minimum atomic E-state index is -0.455. The molecule has 0 bridgehead atoms. The SMILES string of the molecule is COc1cccc(NC(=O)NCC(=O)C(C)(C)C)c1. The molecule has 0 heterocycles. The summed E-state index contributed by atoms with van der Waals surface area (Å²) in [6.45, 7) is 5.46. The molecule has 0 saturated heterocycles. The second kappa shape index (κ2) is 6.22. The van der Waals surface area contributed by atoms with E-state index in [1.807, 2.05) is 20.8 Å². The van der Waals surface area contributed by atoms with Crippen molar-refractivity contribution in [2.24, 2.45) is 5.41 Å². The molecule has 5 heteroatoms. The molecule has 1 aromatic carbocycles. The van der Waals surface area contributed by atoms with Gasteiger partial charge in [0.25, 0.3) is 0 Å². The largest absolute Gasteiger partial charge is 0.497 e. The second-order valence-corrected chi connectivity index (χ2v) is 5.21. The third kappa shape index (κ3) is 4.99. The predicted octanol–water partition coefficient (Wildman–Crippen LogP) is 2.43. The van der Waals surface area contributed by atoms with Crippen LogP contribution in [0.5, 0.6) is 5.75 Å². The van der Waals surface area contributed by atoms with Crippen LogP contribution < -0.4 is 15.4 Å². The molecule has 0 aliphatic carbocycles. The van der Waals surface area contributed by atoms with Gasteiger partial charge in [0.2, 0.25) is 0 Å². The number of rotatable bonds is 4. The van der Waals surface area contributed by atoms with Crippen molar-refractivity contribution < 1.29 is 14.3 Å². The molecule has 0 aromatic heterocycles. The Kier molecular flexibility index (Phi) is 4.92. The monoisotopic (exact) mass is 264 g/mol. The van der Waals surface area contributed by atoms with E-state index in [4.69, 9.17) is 4.74 Å². The molecule has 0 unspecified atom stereocenters. The van der Waals surface area contributed by atoms with E-state index in [0.29, 0.717) is 11.4 Å². The normalized spacial score (nSPS) is 10.7. The lowest BCUT2D eigenvalue weighted by Crippen LogP contribution is -2.37. The Morgan fingerprint density at radius 2 is 1.95 bits per heavy atom. The van der Waals surface area contributed by atoms with Crippen molar-refractivity contribution in [3.05, 3.63) is 24.3 Å². The van der Waals surface area contributed by atoms with Crippen LogP contribution in [-0.2, 0) is 4.79 Å². The summed E-state index contributed by atoms with van der Waals surface area (Å²) in [7, 11) is 1.56. The second-order valence-electron chi connectivity index (χ2n) is 5.21. The molecule has 1 rings (SSSR count). The van der Waals surface area contributed by atoms with Crippen LogP contribution in [0.4, 0.5) is 10.5 Å². The van der Waals surface area contributed by atoms with Gasteiger partial charge in [0.1, 0.15) is 5.75 Å². The summed E-state index contributed by atoms with van der Waals surface area (Å²) in [4.78, 5) is 23.3. The molecule has 0 atom stereocenters. The fourth-order valence-electron chi connectivity index (χ4n) is 1.30. The van der Waals surface area contributed by atoms with Crippen molar-refractivity contribution in [1.82, 2.24) is 5.32 Å². The molecule has 1 aromatic rings. The topological polar surface area (TPSA) is 67.4 Å². The number of methoxy groups -OCH3 is 1. The van der Waals surface area contributed by atoms with Gasteiger partial charge >= 0.3 is 6.03 Å². The Balaban J connectivity index is 2.49. The standard InChI is InChI=1S/C14H20N2O3/c1-14(2,3)12(17)9-15-13(18)16-10-6-5-7-11(8-10)19-4/h5-8H,9H2,1-4H3,(H2,15,16,18). The molecular formula is C14H20N2O3. The van der Waals surface area contributed by atoms with E-state index in [1.165, 1.54) is 0 Å². The molecule has 19 heavy (non-hydrogen) atoms. The first-order chi connectivity index (χ1) is 8.82. The van der Waals surface area contributed by atoms with Gasteiger partial charge in [-0.3, -0.25) is 4.79 Å². The van der Waals surface area contributed by atoms with Crippen LogP contribution in [0.25, 0.3) is 0 Å². The third-order valence-electron chi connectivity index (χ3n) is 2.57. The van der Waals surface area contributed by atoms with E-state index in [-0.39, 0.29) is 12.3 Å². The highest BCUT2D eigenvalue weighted by Gasteiger charge is 2.21. The highest BCUT2D eigenvalue weighted by atomic mass is 16.5. The molecule has 2 N–H and O–H groups in total. The third-order valence-corrected chi connectivity index (χ3v) is 2.57. The fraction of sp³-hybridized carbons (Fsp3) is 0.429. The lowest BCUT2D eigenvalue weighted by molar-refractivity contribution is -0.125. The Labute approximate surface area is 113 Å². The van der Waals surface area contributed by atoms with Crippen molar-refractivity contribution in [2.45, 2.75) is 20.8 Å². The lowest BCUT2D eigenvalue weighted by Gasteiger charge is -2.17. The van der Waals surface area contributed by atoms with Crippen LogP contribution in [0, 0.1) is 5.41 Å². The van der Waals surface area contributed by atoms with E-state index in [9.17, 15) is 9.59 Å². The van der Waals surface area contributed by atoms with Gasteiger partial charge in [0, 0.05) is 17.2 Å². The molecular weight excluding hydrogens is 244 g/mol. The van der Waals surface area contributed by atoms with Crippen LogP contribution in [0.15, 0.2) is 24.3 Å². The molecule has 0 radical (unpaired) electrons. The zero-order valence-corrected chi connectivity index (χ0v) is 11.7. The number of Topliss-reactive ketones (excluding diaryl/α,β-unsaturated/α-hetero) is 1. The molecule has 2 amide bonds. The maximum absolute atomic E-state index is 11.7. The number of nitrogens with one attached hydrogen (secondary N) is 2. The summed E-state index contributed by atoms with van der Waals surface area (Å²) in [6.07, 6.45) is 0. The minimum absolute atomic E-state index is 0.0132. The number of anilines is 1. The molecule has 0 saturated carbocycles. The van der Waals surface area contributed by atoms with Crippen LogP contribution in [-0.4, -0.2) is 25.5 Å². The van der Waals surface area contributed by atoms with E-state index in [2.05, 4.69) is 10.6 Å². The summed E-state index contributed by atoms with van der Waals surface area (Å²) in [5, 5.41) is 5.18. The average Bonchev–Trinajstić information content (AvgIpc) is 2.35. The molecule has 0 fully saturated rings. The molecule has 5 nitrogen and oxygen atoms in total. The van der Waals surface area contributed by atoms with Crippen molar-refractivity contribution >= 4 is 17.5 Å². The van der Waals surface area contributed by atoms with E-state index < -0.39 is 11.4 Å². The quantitative estimate of drug-likeness (QED) is 0.877. The van der Waals surface area contributed by atoms with E-state index >= 15 is 0 Å². The fourth-order valence-corrected chi connectivity index (χ4v) is 1.30. The number of amides is 2. The number of ether oxygens (including phenoxy) is 1. The van der Waals surface area contributed by atoms with Crippen LogP contribution in [0.1, 0.15) is 20.8 Å². The number of hydrogen-bond donors (Lipinski definition) is 2. The van der Waals surface area contributed by atoms with Crippen LogP contribution in [0.2, 0.25) is 0 Å². The van der Waals surface area contributed by atoms with Crippen LogP contribution >= 0.6 is 0 Å². The summed E-state index contributed by atoms with van der Waals surface area (Å²) in [5.41, 5.74) is 0.156. The highest BCUT2D eigenvalue weighted by Crippen LogP contribution is 2.16. The lowest BCUT2D eigenvalue weighted by atomic mass is 9.91. The van der Waals surface area contributed by atoms with Gasteiger partial charge in [-0.1, -0.05) is 26.8 Å². The van der Waals surface area contributed by atoms with Crippen molar-refractivity contribution in [1.29, 1.82) is 0 Å². The van der Waals surface area contributed by atoms with Gasteiger partial charge in [0.15, 0.2) is 5.78 Å². The minimum Gasteiger partial charge on any atom is -0.497 e. The number of urea groups is 1. The van der Waals surface area contributed by atoms with Crippen molar-refractivity contribution in [2.75, 3.05) is 19.0 Å². The predicted molar refractivity (Wildman–Crippen MR) is 74.5 cm³/mol. The van der Waals surface area contributed by atoms with Crippen molar-refractivity contribution in [3.63, 3.8) is 0 Å². The summed E-state index contributed by atoms with van der Waals surface area (Å²) < 4.78 is 5.05. The number of benzene rings is 1. The Morgan fingerprint density at radius 3 is 2.53 bits per heavy atom. The average molecular weight is 264 g/mol. The first kappa shape index (κ1) is 15.0. The number of carbonyl (C=O) groups is 2. The van der Waals surface area contributed by atoms with Gasteiger partial charge in [-0.15, -0.1) is 0 Å². The van der Waals surface area contributed by atoms with E-state index in [0.717, 1.165) is 0 Å². The zero-order valence-electron chi connectivity index (χ0n) is 11.7. The summed E-state index contributed by atoms with van der Waals surface area (Å²) in [5.74, 6) is 0.636. The first-order valence-corrected chi connectivity index (χ1v) is 6.05. The summed E-state index contributed by atoms with van der Waals surface area (Å²) in [6, 6.07) is 6.59. The molecule has 104 valence electrons. The Hall–Kier alpha value is -2.04. The molecule has 0 spiro atoms. The van der Waals surface area contributed by atoms with Gasteiger partial charge in [-0.05, 0) is 12.1 Å². The van der Waals surface area contributed by atoms with Crippen molar-refractivity contribution in [3.8, 4) is 5.75 Å². The number of carbonyl (C=O) groups excluding carboxylic acids is 2. The molecule has 0 aliphatic rings. The first-order valence-electron chi connectivity index (χ1n) is 6.05. The zero-order chi connectivity index (χ0) is 14.5. The summed E-state index contributed by atoms with van der Waals surface area (Å²) >= 11 is 0. The van der Waals surface area contributed by atoms with Gasteiger partial charge < -0.3 is 15.4 Å². The number of ketones is 1. The Morgan fingerprint density at radius 1 is 1.26 bits per heavy atom. The smallest absolute Gasteiger partial charge is 0.319 e. The highest BCUT2D eigenvalue weighted by molar-refractivity contribution is 5.94. The van der Waals surface area contributed by atoms with Crippen LogP contribution in [0.3, 0.4) is 0 Å². The van der Waals surface area contributed by atoms with E-state index in [1.54, 1.807) is 31.4 Å². The van der Waals surface area contributed by atoms with Gasteiger partial charge in [-0.25, -0.2) is 4.79 Å².